The van der Waals surface area contributed by atoms with E-state index in [0.29, 0.717) is 17.3 Å². The fraction of sp³-hybridized carbons (Fsp3) is 0.714. The molecule has 2 rings (SSSR count). The molecule has 2 heterocycles. The first kappa shape index (κ1) is 14.8. The van der Waals surface area contributed by atoms with Gasteiger partial charge >= 0.3 is 0 Å². The van der Waals surface area contributed by atoms with Gasteiger partial charge in [0.05, 0.1) is 5.69 Å². The largest absolute Gasteiger partial charge is 0.365 e. The molecule has 1 fully saturated rings. The zero-order valence-electron chi connectivity index (χ0n) is 12.6. The van der Waals surface area contributed by atoms with Crippen LogP contribution >= 0.6 is 0 Å². The number of aromatic nitrogens is 2. The second-order valence-corrected chi connectivity index (χ2v) is 5.47. The number of hydrogen-bond donors (Lipinski definition) is 2. The van der Waals surface area contributed by atoms with E-state index in [4.69, 9.17) is 5.73 Å². The highest BCUT2D eigenvalue weighted by atomic mass is 16.1. The van der Waals surface area contributed by atoms with Gasteiger partial charge in [-0.25, -0.2) is 0 Å². The highest BCUT2D eigenvalue weighted by Gasteiger charge is 2.28. The van der Waals surface area contributed by atoms with Gasteiger partial charge < -0.3 is 16.0 Å². The molecule has 1 aliphatic heterocycles. The topological polar surface area (TPSA) is 76.2 Å². The number of carbonyl (C=O) groups is 1. The van der Waals surface area contributed by atoms with E-state index < -0.39 is 5.91 Å². The van der Waals surface area contributed by atoms with Crippen LogP contribution in [0.1, 0.15) is 42.2 Å². The van der Waals surface area contributed by atoms with Gasteiger partial charge in [0.25, 0.3) is 5.91 Å². The Bertz CT molecular complexity index is 476. The molecule has 6 heteroatoms. The van der Waals surface area contributed by atoms with Crippen molar-refractivity contribution < 1.29 is 4.79 Å². The van der Waals surface area contributed by atoms with Crippen LogP contribution in [-0.4, -0.2) is 41.4 Å². The smallest absolute Gasteiger partial charge is 0.254 e. The van der Waals surface area contributed by atoms with Crippen LogP contribution in [0.5, 0.6) is 0 Å². The van der Waals surface area contributed by atoms with Crippen molar-refractivity contribution in [3.63, 3.8) is 0 Å². The Kier molecular flexibility index (Phi) is 4.65. The highest BCUT2D eigenvalue weighted by Crippen LogP contribution is 2.27. The standard InChI is InChI=1S/C14H25N5O/c1-4-8-19(11-6-5-7-16-9-11)14-12(13(15)20)10(2)17-18(14)3/h11,16H,4-9H2,1-3H3,(H2,15,20). The summed E-state index contributed by atoms with van der Waals surface area (Å²) in [5.74, 6) is 0.473. The highest BCUT2D eigenvalue weighted by molar-refractivity contribution is 5.99. The number of anilines is 1. The quantitative estimate of drug-likeness (QED) is 0.836. The Balaban J connectivity index is 2.40. The van der Waals surface area contributed by atoms with Crippen LogP contribution in [0.4, 0.5) is 5.82 Å². The van der Waals surface area contributed by atoms with Crippen LogP contribution in [0.25, 0.3) is 0 Å². The summed E-state index contributed by atoms with van der Waals surface area (Å²) in [6.45, 7) is 6.92. The Hall–Kier alpha value is -1.56. The van der Waals surface area contributed by atoms with Gasteiger partial charge in [-0.1, -0.05) is 6.92 Å². The molecule has 0 aliphatic carbocycles. The predicted molar refractivity (Wildman–Crippen MR) is 80.0 cm³/mol. The van der Waals surface area contributed by atoms with E-state index in [1.807, 2.05) is 14.0 Å². The van der Waals surface area contributed by atoms with Crippen LogP contribution in [0, 0.1) is 6.92 Å². The third kappa shape index (κ3) is 2.80. The molecule has 0 bridgehead atoms. The van der Waals surface area contributed by atoms with Gasteiger partial charge in [-0.3, -0.25) is 9.48 Å². The number of rotatable bonds is 5. The van der Waals surface area contributed by atoms with Gasteiger partial charge in [0.1, 0.15) is 11.4 Å². The summed E-state index contributed by atoms with van der Waals surface area (Å²) in [5, 5.41) is 7.81. The van der Waals surface area contributed by atoms with Crippen LogP contribution < -0.4 is 16.0 Å². The second-order valence-electron chi connectivity index (χ2n) is 5.47. The van der Waals surface area contributed by atoms with Crippen LogP contribution in [-0.2, 0) is 7.05 Å². The van der Waals surface area contributed by atoms with E-state index in [9.17, 15) is 4.79 Å². The lowest BCUT2D eigenvalue weighted by Crippen LogP contribution is -2.47. The van der Waals surface area contributed by atoms with Gasteiger partial charge in [-0.15, -0.1) is 0 Å². The molecular weight excluding hydrogens is 254 g/mol. The van der Waals surface area contributed by atoms with Crippen LogP contribution in [0.15, 0.2) is 0 Å². The minimum Gasteiger partial charge on any atom is -0.365 e. The van der Waals surface area contributed by atoms with Crippen molar-refractivity contribution in [2.75, 3.05) is 24.5 Å². The molecule has 20 heavy (non-hydrogen) atoms. The SMILES string of the molecule is CCCN(c1c(C(N)=O)c(C)nn1C)C1CCCNC1. The number of nitrogens with one attached hydrogen (secondary N) is 1. The summed E-state index contributed by atoms with van der Waals surface area (Å²) in [6, 6.07) is 0.400. The molecule has 6 nitrogen and oxygen atoms in total. The number of carbonyl (C=O) groups excluding carboxylic acids is 1. The van der Waals surface area contributed by atoms with E-state index in [-0.39, 0.29) is 0 Å². The van der Waals surface area contributed by atoms with Crippen molar-refractivity contribution in [2.45, 2.75) is 39.2 Å². The number of primary amides is 1. The minimum atomic E-state index is -0.393. The molecule has 1 saturated heterocycles. The maximum absolute atomic E-state index is 11.8. The minimum absolute atomic E-state index is 0.393. The van der Waals surface area contributed by atoms with E-state index in [2.05, 4.69) is 22.2 Å². The zero-order valence-corrected chi connectivity index (χ0v) is 12.6. The van der Waals surface area contributed by atoms with Crippen molar-refractivity contribution in [3.8, 4) is 0 Å². The Labute approximate surface area is 120 Å². The molecular formula is C14H25N5O. The maximum atomic E-state index is 11.8. The summed E-state index contributed by atoms with van der Waals surface area (Å²) in [5.41, 5.74) is 6.83. The predicted octanol–water partition coefficient (Wildman–Crippen LogP) is 0.796. The molecule has 0 spiro atoms. The van der Waals surface area contributed by atoms with Crippen molar-refractivity contribution in [1.82, 2.24) is 15.1 Å². The van der Waals surface area contributed by atoms with Gasteiger partial charge in [0.15, 0.2) is 0 Å². The summed E-state index contributed by atoms with van der Waals surface area (Å²) < 4.78 is 1.79. The Morgan fingerprint density at radius 1 is 1.60 bits per heavy atom. The van der Waals surface area contributed by atoms with E-state index in [1.165, 1.54) is 0 Å². The summed E-state index contributed by atoms with van der Waals surface area (Å²) >= 11 is 0. The first-order valence-corrected chi connectivity index (χ1v) is 7.37. The fourth-order valence-corrected chi connectivity index (χ4v) is 3.07. The molecule has 1 amide bonds. The third-order valence-corrected chi connectivity index (χ3v) is 3.89. The molecule has 0 saturated carbocycles. The number of aryl methyl sites for hydroxylation is 2. The normalized spacial score (nSPS) is 19.1. The monoisotopic (exact) mass is 279 g/mol. The third-order valence-electron chi connectivity index (χ3n) is 3.89. The number of nitrogens with zero attached hydrogens (tertiary/aromatic N) is 3. The van der Waals surface area contributed by atoms with Gasteiger partial charge in [0.2, 0.25) is 0 Å². The maximum Gasteiger partial charge on any atom is 0.254 e. The lowest BCUT2D eigenvalue weighted by atomic mass is 10.0. The molecule has 1 aliphatic rings. The average molecular weight is 279 g/mol. The van der Waals surface area contributed by atoms with Gasteiger partial charge in [-0.2, -0.15) is 5.10 Å². The number of nitrogens with two attached hydrogens (primary N) is 1. The molecule has 1 aromatic heterocycles. The summed E-state index contributed by atoms with van der Waals surface area (Å²) in [7, 11) is 1.88. The van der Waals surface area contributed by atoms with Crippen LogP contribution in [0.2, 0.25) is 0 Å². The Morgan fingerprint density at radius 3 is 2.90 bits per heavy atom. The van der Waals surface area contributed by atoms with Crippen LogP contribution in [0.3, 0.4) is 0 Å². The van der Waals surface area contributed by atoms with Crippen molar-refractivity contribution >= 4 is 11.7 Å². The molecule has 112 valence electrons. The fourth-order valence-electron chi connectivity index (χ4n) is 3.07. The number of amides is 1. The second kappa shape index (κ2) is 6.26. The molecule has 1 aromatic rings. The molecule has 1 unspecified atom stereocenters. The molecule has 1 atom stereocenters. The van der Waals surface area contributed by atoms with Crippen molar-refractivity contribution in [1.29, 1.82) is 0 Å². The van der Waals surface area contributed by atoms with Gasteiger partial charge in [-0.05, 0) is 32.7 Å². The summed E-state index contributed by atoms with van der Waals surface area (Å²) in [6.07, 6.45) is 3.32. The van der Waals surface area contributed by atoms with Gasteiger partial charge in [0, 0.05) is 26.2 Å². The van der Waals surface area contributed by atoms with E-state index in [0.717, 1.165) is 44.7 Å². The summed E-state index contributed by atoms with van der Waals surface area (Å²) in [4.78, 5) is 14.1. The first-order valence-electron chi connectivity index (χ1n) is 7.37. The molecule has 0 aromatic carbocycles. The lowest BCUT2D eigenvalue weighted by molar-refractivity contribution is 0.1000. The lowest BCUT2D eigenvalue weighted by Gasteiger charge is -2.36. The molecule has 0 radical (unpaired) electrons. The molecule has 3 N–H and O–H groups in total. The van der Waals surface area contributed by atoms with E-state index >= 15 is 0 Å². The van der Waals surface area contributed by atoms with E-state index in [1.54, 1.807) is 4.68 Å². The number of piperidine rings is 1. The average Bonchev–Trinajstić information content (AvgIpc) is 2.71. The first-order chi connectivity index (χ1) is 9.56. The Morgan fingerprint density at radius 2 is 2.35 bits per heavy atom. The van der Waals surface area contributed by atoms with Crippen molar-refractivity contribution in [3.05, 3.63) is 11.3 Å². The zero-order chi connectivity index (χ0) is 14.7. The van der Waals surface area contributed by atoms with Crippen molar-refractivity contribution in [2.24, 2.45) is 12.8 Å². The number of hydrogen-bond acceptors (Lipinski definition) is 4.